The van der Waals surface area contributed by atoms with Crippen molar-refractivity contribution in [3.05, 3.63) is 63.6 Å². The number of primary amides is 1. The molecule has 0 saturated heterocycles. The monoisotopic (exact) mass is 379 g/mol. The molecule has 0 spiro atoms. The van der Waals surface area contributed by atoms with Crippen molar-refractivity contribution in [1.29, 1.82) is 0 Å². The fraction of sp³-hybridized carbons (Fsp3) is 0.222. The molecule has 4 N–H and O–H groups in total. The maximum Gasteiger partial charge on any atom is 0.250 e. The molecule has 0 unspecified atom stereocenters. The lowest BCUT2D eigenvalue weighted by Gasteiger charge is -2.27. The number of para-hydroxylation sites is 1. The third-order valence-electron chi connectivity index (χ3n) is 3.80. The van der Waals surface area contributed by atoms with Crippen molar-refractivity contribution >= 4 is 40.7 Å². The number of hydrogen-bond acceptors (Lipinski definition) is 3. The lowest BCUT2D eigenvalue weighted by Crippen LogP contribution is -2.41. The zero-order valence-corrected chi connectivity index (χ0v) is 15.4. The number of nitrogens with two attached hydrogens (primary N) is 1. The van der Waals surface area contributed by atoms with E-state index in [2.05, 4.69) is 10.6 Å². The Balaban J connectivity index is 2.04. The van der Waals surface area contributed by atoms with E-state index in [4.69, 9.17) is 28.9 Å². The maximum atomic E-state index is 12.2. The molecule has 0 aromatic heterocycles. The molecule has 2 rings (SSSR count). The molecule has 2 aromatic rings. The Morgan fingerprint density at radius 3 is 2.40 bits per heavy atom. The smallest absolute Gasteiger partial charge is 0.250 e. The van der Waals surface area contributed by atoms with Gasteiger partial charge in [-0.25, -0.2) is 0 Å². The first-order chi connectivity index (χ1) is 11.7. The standard InChI is InChI=1S/C18H19Cl2N3O2/c1-18(2,11-7-8-13(19)14(20)9-11)22-10-16(24)23-15-6-4-3-5-12(15)17(21)25/h3-9,22H,10H2,1-2H3,(H2,21,25)(H,23,24). The Morgan fingerprint density at radius 1 is 1.08 bits per heavy atom. The topological polar surface area (TPSA) is 84.2 Å². The molecule has 2 aromatic carbocycles. The highest BCUT2D eigenvalue weighted by atomic mass is 35.5. The van der Waals surface area contributed by atoms with Gasteiger partial charge in [0.15, 0.2) is 0 Å². The van der Waals surface area contributed by atoms with Crippen molar-refractivity contribution in [2.45, 2.75) is 19.4 Å². The normalized spacial score (nSPS) is 11.2. The number of nitrogens with one attached hydrogen (secondary N) is 2. The van der Waals surface area contributed by atoms with Crippen LogP contribution in [-0.4, -0.2) is 18.4 Å². The highest BCUT2D eigenvalue weighted by Gasteiger charge is 2.22. The second-order valence-corrected chi connectivity index (χ2v) is 6.88. The van der Waals surface area contributed by atoms with E-state index in [0.29, 0.717) is 15.7 Å². The molecule has 0 saturated carbocycles. The van der Waals surface area contributed by atoms with E-state index in [9.17, 15) is 9.59 Å². The van der Waals surface area contributed by atoms with Gasteiger partial charge in [0, 0.05) is 5.54 Å². The van der Waals surface area contributed by atoms with Crippen LogP contribution in [0, 0.1) is 0 Å². The summed E-state index contributed by atoms with van der Waals surface area (Å²) in [6, 6.07) is 11.9. The predicted molar refractivity (Wildman–Crippen MR) is 101 cm³/mol. The van der Waals surface area contributed by atoms with Gasteiger partial charge in [0.1, 0.15) is 0 Å². The summed E-state index contributed by atoms with van der Waals surface area (Å²) in [6.45, 7) is 3.90. The van der Waals surface area contributed by atoms with E-state index in [1.807, 2.05) is 19.9 Å². The minimum atomic E-state index is -0.597. The number of hydrogen-bond donors (Lipinski definition) is 3. The van der Waals surface area contributed by atoms with E-state index < -0.39 is 11.4 Å². The summed E-state index contributed by atoms with van der Waals surface area (Å²) >= 11 is 12.0. The van der Waals surface area contributed by atoms with Gasteiger partial charge in [-0.15, -0.1) is 0 Å². The van der Waals surface area contributed by atoms with Crippen molar-refractivity contribution in [3.63, 3.8) is 0 Å². The van der Waals surface area contributed by atoms with Gasteiger partial charge in [-0.05, 0) is 43.7 Å². The molecular formula is C18H19Cl2N3O2. The minimum absolute atomic E-state index is 0.0420. The minimum Gasteiger partial charge on any atom is -0.366 e. The molecule has 0 aliphatic heterocycles. The molecule has 0 fully saturated rings. The maximum absolute atomic E-state index is 12.2. The van der Waals surface area contributed by atoms with Gasteiger partial charge in [-0.1, -0.05) is 41.4 Å². The first-order valence-electron chi connectivity index (χ1n) is 7.60. The van der Waals surface area contributed by atoms with Crippen LogP contribution >= 0.6 is 23.2 Å². The van der Waals surface area contributed by atoms with Gasteiger partial charge < -0.3 is 11.1 Å². The molecule has 0 aliphatic carbocycles. The van der Waals surface area contributed by atoms with Crippen molar-refractivity contribution in [3.8, 4) is 0 Å². The Morgan fingerprint density at radius 2 is 1.76 bits per heavy atom. The third kappa shape index (κ3) is 4.95. The molecule has 0 aliphatic rings. The van der Waals surface area contributed by atoms with Crippen LogP contribution in [0.5, 0.6) is 0 Å². The summed E-state index contributed by atoms with van der Waals surface area (Å²) in [6.07, 6.45) is 0. The average Bonchev–Trinajstić information content (AvgIpc) is 2.56. The molecule has 132 valence electrons. The number of halogens is 2. The Kier molecular flexibility index (Phi) is 6.06. The van der Waals surface area contributed by atoms with Crippen LogP contribution < -0.4 is 16.4 Å². The van der Waals surface area contributed by atoms with Crippen LogP contribution in [0.15, 0.2) is 42.5 Å². The summed E-state index contributed by atoms with van der Waals surface area (Å²) in [5, 5.41) is 6.77. The van der Waals surface area contributed by atoms with Gasteiger partial charge in [0.05, 0.1) is 27.8 Å². The SMILES string of the molecule is CC(C)(NCC(=O)Nc1ccccc1C(N)=O)c1ccc(Cl)c(Cl)c1. The number of carbonyl (C=O) groups excluding carboxylic acids is 2. The van der Waals surface area contributed by atoms with Gasteiger partial charge >= 0.3 is 0 Å². The lowest BCUT2D eigenvalue weighted by molar-refractivity contribution is -0.115. The van der Waals surface area contributed by atoms with Crippen molar-refractivity contribution in [2.24, 2.45) is 5.73 Å². The van der Waals surface area contributed by atoms with Gasteiger partial charge in [0.25, 0.3) is 5.91 Å². The highest BCUT2D eigenvalue weighted by molar-refractivity contribution is 6.42. The largest absolute Gasteiger partial charge is 0.366 e. The number of rotatable bonds is 6. The van der Waals surface area contributed by atoms with Crippen LogP contribution in [0.2, 0.25) is 10.0 Å². The quantitative estimate of drug-likeness (QED) is 0.717. The van der Waals surface area contributed by atoms with Gasteiger partial charge in [0.2, 0.25) is 5.91 Å². The summed E-state index contributed by atoms with van der Waals surface area (Å²) in [7, 11) is 0. The Labute approximate surface area is 156 Å². The Hall–Kier alpha value is -2.08. The summed E-state index contributed by atoms with van der Waals surface area (Å²) in [5.41, 5.74) is 6.34. The van der Waals surface area contributed by atoms with Crippen molar-refractivity contribution < 1.29 is 9.59 Å². The predicted octanol–water partition coefficient (Wildman–Crippen LogP) is 3.56. The molecule has 0 bridgehead atoms. The van der Waals surface area contributed by atoms with E-state index in [1.54, 1.807) is 36.4 Å². The lowest BCUT2D eigenvalue weighted by atomic mass is 9.94. The van der Waals surface area contributed by atoms with Crippen LogP contribution in [-0.2, 0) is 10.3 Å². The molecule has 5 nitrogen and oxygen atoms in total. The zero-order chi connectivity index (χ0) is 18.6. The van der Waals surface area contributed by atoms with E-state index in [1.165, 1.54) is 0 Å². The molecule has 0 radical (unpaired) electrons. The number of benzene rings is 2. The van der Waals surface area contributed by atoms with Gasteiger partial charge in [-0.2, -0.15) is 0 Å². The van der Waals surface area contributed by atoms with Crippen LogP contribution in [0.25, 0.3) is 0 Å². The fourth-order valence-corrected chi connectivity index (χ4v) is 2.59. The second kappa shape index (κ2) is 7.87. The highest BCUT2D eigenvalue weighted by Crippen LogP contribution is 2.28. The molecule has 7 heteroatoms. The molecule has 0 heterocycles. The van der Waals surface area contributed by atoms with Crippen LogP contribution in [0.3, 0.4) is 0 Å². The van der Waals surface area contributed by atoms with E-state index in [0.717, 1.165) is 5.56 Å². The first-order valence-corrected chi connectivity index (χ1v) is 8.35. The van der Waals surface area contributed by atoms with Crippen LogP contribution in [0.4, 0.5) is 5.69 Å². The summed E-state index contributed by atoms with van der Waals surface area (Å²) < 4.78 is 0. The molecular weight excluding hydrogens is 361 g/mol. The van der Waals surface area contributed by atoms with Crippen molar-refractivity contribution in [2.75, 3.05) is 11.9 Å². The van der Waals surface area contributed by atoms with E-state index >= 15 is 0 Å². The number of anilines is 1. The molecule has 0 atom stereocenters. The first kappa shape index (κ1) is 19.2. The average molecular weight is 380 g/mol. The summed E-state index contributed by atoms with van der Waals surface area (Å²) in [4.78, 5) is 23.6. The van der Waals surface area contributed by atoms with Gasteiger partial charge in [-0.3, -0.25) is 14.9 Å². The van der Waals surface area contributed by atoms with Crippen molar-refractivity contribution in [1.82, 2.24) is 5.32 Å². The fourth-order valence-electron chi connectivity index (χ4n) is 2.29. The zero-order valence-electron chi connectivity index (χ0n) is 13.9. The number of amides is 2. The Bertz CT molecular complexity index is 807. The second-order valence-electron chi connectivity index (χ2n) is 6.07. The third-order valence-corrected chi connectivity index (χ3v) is 4.54. The number of carbonyl (C=O) groups is 2. The molecule has 25 heavy (non-hydrogen) atoms. The van der Waals surface area contributed by atoms with E-state index in [-0.39, 0.29) is 18.0 Å². The molecule has 2 amide bonds. The van der Waals surface area contributed by atoms with Crippen LogP contribution in [0.1, 0.15) is 29.8 Å². The summed E-state index contributed by atoms with van der Waals surface area (Å²) in [5.74, 6) is -0.887.